The van der Waals surface area contributed by atoms with Gasteiger partial charge < -0.3 is 14.4 Å². The summed E-state index contributed by atoms with van der Waals surface area (Å²) in [4.78, 5) is 27.7. The van der Waals surface area contributed by atoms with Crippen LogP contribution in [0.1, 0.15) is 57.9 Å². The molecule has 178 valence electrons. The predicted molar refractivity (Wildman–Crippen MR) is 126 cm³/mol. The van der Waals surface area contributed by atoms with Crippen molar-refractivity contribution in [2.75, 3.05) is 14.2 Å². The molecule has 0 N–H and O–H groups in total. The van der Waals surface area contributed by atoms with Gasteiger partial charge in [0, 0.05) is 18.0 Å². The Labute approximate surface area is 197 Å². The molecule has 7 unspecified atom stereocenters. The zero-order valence-corrected chi connectivity index (χ0v) is 20.4. The van der Waals surface area contributed by atoms with Crippen LogP contribution in [0.2, 0.25) is 0 Å². The Hall–Kier alpha value is -2.30. The van der Waals surface area contributed by atoms with Gasteiger partial charge in [-0.1, -0.05) is 32.1 Å². The molecule has 0 saturated heterocycles. The van der Waals surface area contributed by atoms with Gasteiger partial charge in [-0.2, -0.15) is 0 Å². The van der Waals surface area contributed by atoms with Crippen molar-refractivity contribution >= 4 is 11.9 Å². The minimum Gasteiger partial charge on any atom is -0.497 e. The lowest BCUT2D eigenvalue weighted by molar-refractivity contribution is -0.156. The molecule has 3 fully saturated rings. The first kappa shape index (κ1) is 22.5. The summed E-state index contributed by atoms with van der Waals surface area (Å²) < 4.78 is 10.5. The average Bonchev–Trinajstić information content (AvgIpc) is 3.18. The second-order valence-electron chi connectivity index (χ2n) is 11.2. The Bertz CT molecular complexity index is 955. The Balaban J connectivity index is 1.40. The van der Waals surface area contributed by atoms with Crippen LogP contribution in [-0.4, -0.2) is 37.0 Å². The normalized spacial score (nSPS) is 39.5. The second kappa shape index (κ2) is 8.18. The highest BCUT2D eigenvalue weighted by atomic mass is 16.5. The summed E-state index contributed by atoms with van der Waals surface area (Å²) in [5.41, 5.74) is 1.17. The zero-order valence-electron chi connectivity index (χ0n) is 20.4. The summed E-state index contributed by atoms with van der Waals surface area (Å²) in [6.45, 7) is 5.36. The number of ether oxygens (including phenoxy) is 2. The Morgan fingerprint density at radius 1 is 1.03 bits per heavy atom. The summed E-state index contributed by atoms with van der Waals surface area (Å²) in [6.07, 6.45) is 10.5. The molecule has 0 bridgehead atoms. The van der Waals surface area contributed by atoms with Gasteiger partial charge in [-0.25, -0.2) is 0 Å². The molecule has 1 heterocycles. The third kappa shape index (κ3) is 3.41. The number of hydrogen-bond donors (Lipinski definition) is 0. The third-order valence-electron chi connectivity index (χ3n) is 9.97. The molecule has 4 aliphatic rings. The van der Waals surface area contributed by atoms with Crippen LogP contribution in [0.3, 0.4) is 0 Å². The van der Waals surface area contributed by atoms with Gasteiger partial charge in [0.2, 0.25) is 5.91 Å². The van der Waals surface area contributed by atoms with E-state index in [1.807, 2.05) is 18.2 Å². The van der Waals surface area contributed by atoms with Crippen LogP contribution in [0.15, 0.2) is 36.4 Å². The van der Waals surface area contributed by atoms with Gasteiger partial charge in [0.05, 0.1) is 20.1 Å². The third-order valence-corrected chi connectivity index (χ3v) is 9.97. The highest BCUT2D eigenvalue weighted by molar-refractivity contribution is 5.89. The SMILES string of the molecule is COC(=O)C1CCC2C3CCC4N(Cc5ccc(OC)cc5)C(=O)C=CC4(C)C3CCC12C. The van der Waals surface area contributed by atoms with E-state index in [0.29, 0.717) is 24.3 Å². The van der Waals surface area contributed by atoms with Crippen molar-refractivity contribution in [3.05, 3.63) is 42.0 Å². The fourth-order valence-electron chi connectivity index (χ4n) is 8.24. The van der Waals surface area contributed by atoms with E-state index in [2.05, 4.69) is 37.0 Å². The topological polar surface area (TPSA) is 55.8 Å². The maximum atomic E-state index is 13.0. The average molecular weight is 452 g/mol. The van der Waals surface area contributed by atoms with E-state index in [1.54, 1.807) is 7.11 Å². The van der Waals surface area contributed by atoms with E-state index in [-0.39, 0.29) is 34.7 Å². The maximum Gasteiger partial charge on any atom is 0.309 e. The lowest BCUT2D eigenvalue weighted by Crippen LogP contribution is -2.60. The number of methoxy groups -OCH3 is 2. The second-order valence-corrected chi connectivity index (χ2v) is 11.2. The number of carbonyl (C=O) groups is 2. The summed E-state index contributed by atoms with van der Waals surface area (Å²) in [7, 11) is 3.20. The molecular weight excluding hydrogens is 414 g/mol. The number of amides is 1. The Kier molecular flexibility index (Phi) is 5.57. The van der Waals surface area contributed by atoms with Crippen molar-refractivity contribution in [2.24, 2.45) is 34.5 Å². The first-order valence-corrected chi connectivity index (χ1v) is 12.5. The smallest absolute Gasteiger partial charge is 0.309 e. The van der Waals surface area contributed by atoms with E-state index in [0.717, 1.165) is 49.8 Å². The van der Waals surface area contributed by atoms with E-state index < -0.39 is 0 Å². The molecule has 0 aromatic heterocycles. The quantitative estimate of drug-likeness (QED) is 0.605. The molecule has 5 nitrogen and oxygen atoms in total. The molecule has 1 aromatic carbocycles. The minimum absolute atomic E-state index is 0.0199. The van der Waals surface area contributed by atoms with Gasteiger partial charge in [0.15, 0.2) is 0 Å². The number of fused-ring (bicyclic) bond motifs is 5. The number of hydrogen-bond acceptors (Lipinski definition) is 4. The molecular formula is C28H37NO4. The largest absolute Gasteiger partial charge is 0.497 e. The summed E-state index contributed by atoms with van der Waals surface area (Å²) in [5.74, 6) is 2.70. The van der Waals surface area contributed by atoms with E-state index in [9.17, 15) is 9.59 Å². The summed E-state index contributed by atoms with van der Waals surface area (Å²) >= 11 is 0. The Morgan fingerprint density at radius 2 is 1.79 bits per heavy atom. The van der Waals surface area contributed by atoms with Gasteiger partial charge in [0.1, 0.15) is 5.75 Å². The van der Waals surface area contributed by atoms with Crippen LogP contribution in [-0.2, 0) is 20.9 Å². The van der Waals surface area contributed by atoms with Gasteiger partial charge in [0.25, 0.3) is 0 Å². The number of nitrogens with zero attached hydrogens (tertiary/aromatic N) is 1. The van der Waals surface area contributed by atoms with Gasteiger partial charge >= 0.3 is 5.97 Å². The fraction of sp³-hybridized carbons (Fsp3) is 0.643. The van der Waals surface area contributed by atoms with Crippen LogP contribution in [0.25, 0.3) is 0 Å². The monoisotopic (exact) mass is 451 g/mol. The molecule has 0 radical (unpaired) electrons. The van der Waals surface area contributed by atoms with Crippen molar-refractivity contribution in [2.45, 2.75) is 65.0 Å². The molecule has 1 amide bonds. The summed E-state index contributed by atoms with van der Waals surface area (Å²) in [5, 5.41) is 0. The molecule has 1 aromatic rings. The van der Waals surface area contributed by atoms with E-state index in [1.165, 1.54) is 7.11 Å². The van der Waals surface area contributed by atoms with Crippen molar-refractivity contribution < 1.29 is 19.1 Å². The van der Waals surface area contributed by atoms with Crippen LogP contribution < -0.4 is 4.74 Å². The standard InChI is InChI=1S/C28H37NO4/c1-27-15-13-22-20(21(27)10-11-23(27)26(31)33-4)9-12-24-28(22,2)16-14-25(30)29(24)17-18-5-7-19(32-3)8-6-18/h5-8,14,16,20-24H,9-13,15,17H2,1-4H3. The highest BCUT2D eigenvalue weighted by Crippen LogP contribution is 2.65. The van der Waals surface area contributed by atoms with Gasteiger partial charge in [-0.15, -0.1) is 0 Å². The zero-order chi connectivity index (χ0) is 23.4. The van der Waals surface area contributed by atoms with Gasteiger partial charge in [-0.05, 0) is 85.5 Å². The van der Waals surface area contributed by atoms with Gasteiger partial charge in [-0.3, -0.25) is 9.59 Å². The summed E-state index contributed by atoms with van der Waals surface area (Å²) in [6, 6.07) is 8.28. The van der Waals surface area contributed by atoms with E-state index >= 15 is 0 Å². The van der Waals surface area contributed by atoms with Crippen molar-refractivity contribution in [3.63, 3.8) is 0 Å². The molecule has 33 heavy (non-hydrogen) atoms. The lowest BCUT2D eigenvalue weighted by atomic mass is 9.47. The van der Waals surface area contributed by atoms with Crippen LogP contribution in [0.5, 0.6) is 5.75 Å². The van der Waals surface area contributed by atoms with Crippen LogP contribution in [0.4, 0.5) is 0 Å². The molecule has 1 aliphatic heterocycles. The number of carbonyl (C=O) groups excluding carboxylic acids is 2. The maximum absolute atomic E-state index is 13.0. The van der Waals surface area contributed by atoms with E-state index in [4.69, 9.17) is 9.47 Å². The molecule has 7 atom stereocenters. The first-order chi connectivity index (χ1) is 15.8. The molecule has 3 saturated carbocycles. The predicted octanol–water partition coefficient (Wildman–Crippen LogP) is 4.99. The molecule has 3 aliphatic carbocycles. The number of esters is 1. The highest BCUT2D eigenvalue weighted by Gasteiger charge is 2.61. The van der Waals surface area contributed by atoms with Crippen LogP contribution >= 0.6 is 0 Å². The number of benzene rings is 1. The first-order valence-electron chi connectivity index (χ1n) is 12.5. The van der Waals surface area contributed by atoms with Crippen molar-refractivity contribution in [3.8, 4) is 5.75 Å². The number of rotatable bonds is 4. The fourth-order valence-corrected chi connectivity index (χ4v) is 8.24. The Morgan fingerprint density at radius 3 is 2.48 bits per heavy atom. The van der Waals surface area contributed by atoms with Crippen molar-refractivity contribution in [1.29, 1.82) is 0 Å². The van der Waals surface area contributed by atoms with Crippen LogP contribution in [0, 0.1) is 34.5 Å². The lowest BCUT2D eigenvalue weighted by Gasteiger charge is -2.60. The minimum atomic E-state index is -0.0211. The van der Waals surface area contributed by atoms with Crippen molar-refractivity contribution in [1.82, 2.24) is 4.90 Å². The molecule has 5 rings (SSSR count). The molecule has 5 heteroatoms. The molecule has 0 spiro atoms.